The van der Waals surface area contributed by atoms with Crippen molar-refractivity contribution in [3.8, 4) is 5.75 Å². The monoisotopic (exact) mass is 250 g/mol. The van der Waals surface area contributed by atoms with Gasteiger partial charge in [0, 0.05) is 24.0 Å². The van der Waals surface area contributed by atoms with Crippen molar-refractivity contribution >= 4 is 0 Å². The summed E-state index contributed by atoms with van der Waals surface area (Å²) in [5.41, 5.74) is 7.11. The molecule has 0 aliphatic rings. The molecule has 0 saturated carbocycles. The van der Waals surface area contributed by atoms with Gasteiger partial charge in [-0.2, -0.15) is 0 Å². The largest absolute Gasteiger partial charge is 0.497 e. The van der Waals surface area contributed by atoms with Gasteiger partial charge < -0.3 is 15.8 Å². The molecule has 0 aromatic heterocycles. The van der Waals surface area contributed by atoms with E-state index >= 15 is 0 Å². The van der Waals surface area contributed by atoms with E-state index in [4.69, 9.17) is 10.5 Å². The molecule has 0 amide bonds. The maximum Gasteiger partial charge on any atom is 0.119 e. The van der Waals surface area contributed by atoms with Gasteiger partial charge in [0.05, 0.1) is 7.11 Å². The number of methoxy groups -OCH3 is 1. The van der Waals surface area contributed by atoms with E-state index in [1.54, 1.807) is 7.11 Å². The molecule has 102 valence electrons. The van der Waals surface area contributed by atoms with Gasteiger partial charge >= 0.3 is 0 Å². The fraction of sp³-hybridized carbons (Fsp3) is 0.600. The van der Waals surface area contributed by atoms with Crippen molar-refractivity contribution in [3.05, 3.63) is 29.8 Å². The first-order chi connectivity index (χ1) is 8.24. The minimum absolute atomic E-state index is 0.0553. The zero-order valence-corrected chi connectivity index (χ0v) is 12.2. The van der Waals surface area contributed by atoms with Crippen LogP contribution in [-0.4, -0.2) is 25.7 Å². The van der Waals surface area contributed by atoms with Crippen LogP contribution in [0.4, 0.5) is 0 Å². The molecule has 0 fully saturated rings. The van der Waals surface area contributed by atoms with Crippen LogP contribution in [0.25, 0.3) is 0 Å². The topological polar surface area (TPSA) is 47.3 Å². The first kappa shape index (κ1) is 15.0. The van der Waals surface area contributed by atoms with E-state index < -0.39 is 0 Å². The fourth-order valence-electron chi connectivity index (χ4n) is 1.84. The number of hydrogen-bond acceptors (Lipinski definition) is 3. The zero-order chi connectivity index (χ0) is 13.8. The van der Waals surface area contributed by atoms with Gasteiger partial charge in [0.2, 0.25) is 0 Å². The van der Waals surface area contributed by atoms with Gasteiger partial charge in [-0.3, -0.25) is 0 Å². The number of hydrogen-bond donors (Lipinski definition) is 2. The molecule has 3 N–H and O–H groups in total. The Morgan fingerprint density at radius 3 is 2.39 bits per heavy atom. The lowest BCUT2D eigenvalue weighted by molar-refractivity contribution is 0.401. The summed E-state index contributed by atoms with van der Waals surface area (Å²) in [7, 11) is 1.70. The highest BCUT2D eigenvalue weighted by Crippen LogP contribution is 2.25. The molecule has 0 aliphatic heterocycles. The number of nitrogens with two attached hydrogens (primary N) is 1. The van der Waals surface area contributed by atoms with Gasteiger partial charge in [0.15, 0.2) is 0 Å². The number of ether oxygens (including phenoxy) is 1. The highest BCUT2D eigenvalue weighted by atomic mass is 16.5. The minimum atomic E-state index is -0.176. The molecule has 0 unspecified atom stereocenters. The van der Waals surface area contributed by atoms with Crippen LogP contribution >= 0.6 is 0 Å². The van der Waals surface area contributed by atoms with Gasteiger partial charge in [-0.1, -0.05) is 26.0 Å². The van der Waals surface area contributed by atoms with Gasteiger partial charge in [-0.25, -0.2) is 0 Å². The third-order valence-electron chi connectivity index (χ3n) is 3.00. The number of nitrogens with one attached hydrogen (secondary N) is 1. The van der Waals surface area contributed by atoms with Crippen molar-refractivity contribution in [1.82, 2.24) is 5.32 Å². The zero-order valence-electron chi connectivity index (χ0n) is 12.2. The Kier molecular flexibility index (Phi) is 4.77. The highest BCUT2D eigenvalue weighted by molar-refractivity contribution is 5.33. The van der Waals surface area contributed by atoms with Crippen LogP contribution in [0.5, 0.6) is 5.75 Å². The van der Waals surface area contributed by atoms with Crippen LogP contribution in [-0.2, 0) is 5.41 Å². The minimum Gasteiger partial charge on any atom is -0.497 e. The van der Waals surface area contributed by atoms with E-state index in [1.807, 2.05) is 26.0 Å². The van der Waals surface area contributed by atoms with E-state index in [9.17, 15) is 0 Å². The average Bonchev–Trinajstić information content (AvgIpc) is 2.27. The Hall–Kier alpha value is -1.06. The molecule has 0 aliphatic carbocycles. The highest BCUT2D eigenvalue weighted by Gasteiger charge is 2.21. The molecule has 0 atom stereocenters. The maximum absolute atomic E-state index is 5.97. The maximum atomic E-state index is 5.97. The van der Waals surface area contributed by atoms with Crippen molar-refractivity contribution in [2.24, 2.45) is 5.73 Å². The Morgan fingerprint density at radius 1 is 1.17 bits per heavy atom. The van der Waals surface area contributed by atoms with Crippen molar-refractivity contribution < 1.29 is 4.74 Å². The number of rotatable bonds is 6. The molecule has 0 bridgehead atoms. The molecule has 0 radical (unpaired) electrons. The Labute approximate surface area is 111 Å². The smallest absolute Gasteiger partial charge is 0.119 e. The van der Waals surface area contributed by atoms with Gasteiger partial charge in [-0.15, -0.1) is 0 Å². The fourth-order valence-corrected chi connectivity index (χ4v) is 1.84. The summed E-state index contributed by atoms with van der Waals surface area (Å²) in [5, 5.41) is 3.44. The van der Waals surface area contributed by atoms with Crippen molar-refractivity contribution in [2.75, 3.05) is 20.2 Å². The lowest BCUT2D eigenvalue weighted by Crippen LogP contribution is -2.46. The summed E-state index contributed by atoms with van der Waals surface area (Å²) in [4.78, 5) is 0. The summed E-state index contributed by atoms with van der Waals surface area (Å²) in [5.74, 6) is 0.903. The molecule has 1 rings (SSSR count). The van der Waals surface area contributed by atoms with E-state index in [-0.39, 0.29) is 11.0 Å². The predicted molar refractivity (Wildman–Crippen MR) is 77.2 cm³/mol. The SMILES string of the molecule is COc1cccc(C(C)(C)CNCC(C)(C)N)c1. The van der Waals surface area contributed by atoms with Crippen LogP contribution < -0.4 is 15.8 Å². The van der Waals surface area contributed by atoms with Crippen molar-refractivity contribution in [2.45, 2.75) is 38.6 Å². The molecule has 18 heavy (non-hydrogen) atoms. The van der Waals surface area contributed by atoms with E-state index in [0.29, 0.717) is 0 Å². The quantitative estimate of drug-likeness (QED) is 0.814. The Bertz CT molecular complexity index is 380. The lowest BCUT2D eigenvalue weighted by atomic mass is 9.84. The third-order valence-corrected chi connectivity index (χ3v) is 3.00. The first-order valence-corrected chi connectivity index (χ1v) is 6.39. The van der Waals surface area contributed by atoms with Crippen LogP contribution in [0.15, 0.2) is 24.3 Å². The second-order valence-electron chi connectivity index (χ2n) is 6.21. The standard InChI is InChI=1S/C15H26N2O/c1-14(2,10-17-11-15(3,4)16)12-7-6-8-13(9-12)18-5/h6-9,17H,10-11,16H2,1-5H3. The van der Waals surface area contributed by atoms with E-state index in [2.05, 4.69) is 31.3 Å². The summed E-state index contributed by atoms with van der Waals surface area (Å²) < 4.78 is 5.27. The van der Waals surface area contributed by atoms with Crippen LogP contribution in [0.3, 0.4) is 0 Å². The molecule has 0 heterocycles. The molecular formula is C15H26N2O. The van der Waals surface area contributed by atoms with Crippen LogP contribution in [0.1, 0.15) is 33.3 Å². The molecule has 0 saturated heterocycles. The summed E-state index contributed by atoms with van der Waals surface area (Å²) in [6.45, 7) is 10.2. The van der Waals surface area contributed by atoms with Crippen molar-refractivity contribution in [1.29, 1.82) is 0 Å². The normalized spacial score (nSPS) is 12.6. The van der Waals surface area contributed by atoms with Crippen molar-refractivity contribution in [3.63, 3.8) is 0 Å². The lowest BCUT2D eigenvalue weighted by Gasteiger charge is -2.28. The first-order valence-electron chi connectivity index (χ1n) is 6.39. The average molecular weight is 250 g/mol. The van der Waals surface area contributed by atoms with Gasteiger partial charge in [0.1, 0.15) is 5.75 Å². The Balaban J connectivity index is 2.67. The number of benzene rings is 1. The van der Waals surface area contributed by atoms with E-state index in [0.717, 1.165) is 18.8 Å². The molecular weight excluding hydrogens is 224 g/mol. The molecule has 0 spiro atoms. The second kappa shape index (κ2) is 5.72. The molecule has 3 nitrogen and oxygen atoms in total. The Morgan fingerprint density at radius 2 is 1.83 bits per heavy atom. The molecule has 1 aromatic rings. The summed E-state index contributed by atoms with van der Waals surface area (Å²) in [6.07, 6.45) is 0. The molecule has 1 aromatic carbocycles. The van der Waals surface area contributed by atoms with Crippen LogP contribution in [0, 0.1) is 0 Å². The van der Waals surface area contributed by atoms with Crippen LogP contribution in [0.2, 0.25) is 0 Å². The summed E-state index contributed by atoms with van der Waals surface area (Å²) in [6, 6.07) is 8.23. The van der Waals surface area contributed by atoms with E-state index in [1.165, 1.54) is 5.56 Å². The summed E-state index contributed by atoms with van der Waals surface area (Å²) >= 11 is 0. The predicted octanol–water partition coefficient (Wildman–Crippen LogP) is 2.30. The third kappa shape index (κ3) is 4.67. The molecule has 3 heteroatoms. The second-order valence-corrected chi connectivity index (χ2v) is 6.21. The van der Waals surface area contributed by atoms with Gasteiger partial charge in [0.25, 0.3) is 0 Å². The van der Waals surface area contributed by atoms with Gasteiger partial charge in [-0.05, 0) is 31.5 Å².